The van der Waals surface area contributed by atoms with E-state index < -0.39 is 11.6 Å². The van der Waals surface area contributed by atoms with Gasteiger partial charge in [0.05, 0.1) is 8.56 Å². The summed E-state index contributed by atoms with van der Waals surface area (Å²) < 4.78 is 6.56. The molecule has 2 atom stereocenters. The lowest BCUT2D eigenvalue weighted by Crippen LogP contribution is -2.71. The molecule has 0 heterocycles. The van der Waals surface area contributed by atoms with Crippen LogP contribution in [0.25, 0.3) is 0 Å². The fourth-order valence-corrected chi connectivity index (χ4v) is 12.2. The third-order valence-corrected chi connectivity index (χ3v) is 18.0. The number of halogens is 6. The highest BCUT2D eigenvalue weighted by molar-refractivity contribution is 9.28. The van der Waals surface area contributed by atoms with Gasteiger partial charge in [-0.15, -0.1) is 0 Å². The first-order valence-electron chi connectivity index (χ1n) is 9.08. The predicted octanol–water partition coefficient (Wildman–Crippen LogP) is 6.76. The highest BCUT2D eigenvalue weighted by atomic mass is 79.9. The van der Waals surface area contributed by atoms with E-state index >= 15 is 0 Å². The molecular weight excluding hydrogens is 788 g/mol. The van der Waals surface area contributed by atoms with Crippen LogP contribution in [0.5, 0.6) is 0 Å². The molecule has 0 bridgehead atoms. The van der Waals surface area contributed by atoms with Crippen LogP contribution in [0.1, 0.15) is 0 Å². The molecule has 0 fully saturated rings. The van der Waals surface area contributed by atoms with Gasteiger partial charge >= 0.3 is 0 Å². The Kier molecular flexibility index (Phi) is 9.49. The standard InChI is InChI=1S/C22H18Br6OSi/c23-19(20(24)25)22(27,28)21(26)29-30(16-10-4-1-5-11-16,17-12-6-2-7-13-17)18-14-8-3-9-15-18/h1-15,19-21H. The molecule has 0 saturated carbocycles. The zero-order valence-corrected chi connectivity index (χ0v) is 26.1. The van der Waals surface area contributed by atoms with Crippen molar-refractivity contribution < 1.29 is 4.43 Å². The monoisotopic (exact) mass is 800 g/mol. The summed E-state index contributed by atoms with van der Waals surface area (Å²) in [6.07, 6.45) is 0. The molecule has 2 unspecified atom stereocenters. The van der Waals surface area contributed by atoms with Crippen molar-refractivity contribution in [2.24, 2.45) is 0 Å². The zero-order chi connectivity index (χ0) is 21.8. The van der Waals surface area contributed by atoms with Crippen molar-refractivity contribution in [1.82, 2.24) is 0 Å². The first-order chi connectivity index (χ1) is 14.3. The summed E-state index contributed by atoms with van der Waals surface area (Å²) >= 11 is 22.5. The Hall–Kier alpha value is 0.717. The van der Waals surface area contributed by atoms with Crippen molar-refractivity contribution in [3.8, 4) is 0 Å². The lowest BCUT2D eigenvalue weighted by molar-refractivity contribution is 0.289. The van der Waals surface area contributed by atoms with E-state index in [1.807, 2.05) is 18.2 Å². The first-order valence-corrected chi connectivity index (χ1v) is 16.2. The van der Waals surface area contributed by atoms with Gasteiger partial charge in [-0.3, -0.25) is 0 Å². The highest BCUT2D eigenvalue weighted by Gasteiger charge is 2.50. The van der Waals surface area contributed by atoms with Crippen LogP contribution in [-0.2, 0) is 4.43 Å². The van der Waals surface area contributed by atoms with Gasteiger partial charge in [-0.1, -0.05) is 187 Å². The second kappa shape index (κ2) is 11.2. The van der Waals surface area contributed by atoms with E-state index in [1.165, 1.54) is 15.6 Å². The van der Waals surface area contributed by atoms with Gasteiger partial charge < -0.3 is 4.43 Å². The Morgan fingerprint density at radius 1 is 0.600 bits per heavy atom. The first kappa shape index (κ1) is 25.3. The minimum absolute atomic E-state index is 0.0219. The molecule has 1 nitrogen and oxygen atoms in total. The number of benzene rings is 3. The van der Waals surface area contributed by atoms with E-state index in [4.69, 9.17) is 4.43 Å². The smallest absolute Gasteiger partial charge is 0.289 e. The molecule has 0 aliphatic heterocycles. The summed E-state index contributed by atoms with van der Waals surface area (Å²) in [6.45, 7) is 0. The number of hydrogen-bond acceptors (Lipinski definition) is 1. The van der Waals surface area contributed by atoms with Gasteiger partial charge in [0.1, 0.15) is 8.25 Å². The molecule has 158 valence electrons. The molecule has 3 aromatic rings. The van der Waals surface area contributed by atoms with E-state index in [2.05, 4.69) is 168 Å². The van der Waals surface area contributed by atoms with Crippen LogP contribution in [0.2, 0.25) is 0 Å². The average molecular weight is 806 g/mol. The second-order valence-electron chi connectivity index (χ2n) is 6.62. The van der Waals surface area contributed by atoms with Gasteiger partial charge in [-0.2, -0.15) is 0 Å². The molecule has 0 radical (unpaired) electrons. The van der Waals surface area contributed by atoms with E-state index in [0.29, 0.717) is 0 Å². The quantitative estimate of drug-likeness (QED) is 0.139. The van der Waals surface area contributed by atoms with E-state index in [-0.39, 0.29) is 13.6 Å². The molecule has 0 aromatic heterocycles. The molecule has 30 heavy (non-hydrogen) atoms. The van der Waals surface area contributed by atoms with Crippen molar-refractivity contribution in [1.29, 1.82) is 0 Å². The van der Waals surface area contributed by atoms with Crippen molar-refractivity contribution in [3.05, 3.63) is 91.0 Å². The number of rotatable bonds is 8. The van der Waals surface area contributed by atoms with Gasteiger partial charge in [-0.25, -0.2) is 0 Å². The van der Waals surface area contributed by atoms with Crippen LogP contribution in [-0.4, -0.2) is 25.1 Å². The lowest BCUT2D eigenvalue weighted by Gasteiger charge is -2.40. The molecule has 0 N–H and O–H groups in total. The van der Waals surface area contributed by atoms with Gasteiger partial charge in [-0.05, 0) is 15.6 Å². The molecule has 0 amide bonds. The van der Waals surface area contributed by atoms with E-state index in [9.17, 15) is 0 Å². The number of alkyl halides is 6. The van der Waals surface area contributed by atoms with Crippen LogP contribution in [0.3, 0.4) is 0 Å². The van der Waals surface area contributed by atoms with Crippen molar-refractivity contribution in [2.75, 3.05) is 0 Å². The minimum atomic E-state index is -2.84. The van der Waals surface area contributed by atoms with Crippen molar-refractivity contribution in [2.45, 2.75) is 16.8 Å². The van der Waals surface area contributed by atoms with Crippen LogP contribution in [0.15, 0.2) is 91.0 Å². The van der Waals surface area contributed by atoms with Crippen LogP contribution >= 0.6 is 95.6 Å². The Morgan fingerprint density at radius 3 is 1.23 bits per heavy atom. The molecule has 0 aliphatic rings. The maximum Gasteiger partial charge on any atom is 0.289 e. The largest absolute Gasteiger partial charge is 0.389 e. The third kappa shape index (κ3) is 5.43. The molecule has 3 aromatic carbocycles. The minimum Gasteiger partial charge on any atom is -0.389 e. The SMILES string of the molecule is BrC(Br)C(Br)C(Br)(Br)C(Br)O[Si](c1ccccc1)(c1ccccc1)c1ccccc1. The van der Waals surface area contributed by atoms with Gasteiger partial charge in [0.15, 0.2) is 0 Å². The van der Waals surface area contributed by atoms with Crippen LogP contribution in [0.4, 0.5) is 0 Å². The maximum absolute atomic E-state index is 7.12. The zero-order valence-electron chi connectivity index (χ0n) is 15.6. The van der Waals surface area contributed by atoms with Crippen LogP contribution < -0.4 is 15.6 Å². The average Bonchev–Trinajstić information content (AvgIpc) is 2.78. The fraction of sp³-hybridized carbons (Fsp3) is 0.182. The summed E-state index contributed by atoms with van der Waals surface area (Å²) in [4.78, 5) is -0.0246. The van der Waals surface area contributed by atoms with Crippen molar-refractivity contribution >= 4 is 119 Å². The summed E-state index contributed by atoms with van der Waals surface area (Å²) in [5.74, 6) is 0. The molecule has 0 aliphatic carbocycles. The van der Waals surface area contributed by atoms with E-state index in [0.717, 1.165) is 0 Å². The van der Waals surface area contributed by atoms with Crippen LogP contribution in [0, 0.1) is 0 Å². The lowest BCUT2D eigenvalue weighted by atomic mass is 10.3. The summed E-state index contributed by atoms with van der Waals surface area (Å²) in [5.41, 5.74) is 0. The topological polar surface area (TPSA) is 9.23 Å². The third-order valence-electron chi connectivity index (χ3n) is 4.71. The summed E-state index contributed by atoms with van der Waals surface area (Å²) in [7, 11) is -2.84. The summed E-state index contributed by atoms with van der Waals surface area (Å²) in [6, 6.07) is 31.6. The molecule has 0 spiro atoms. The highest BCUT2D eigenvalue weighted by Crippen LogP contribution is 2.46. The molecule has 3 rings (SSSR count). The Bertz CT molecular complexity index is 827. The summed E-state index contributed by atoms with van der Waals surface area (Å²) in [5, 5.41) is 3.19. The fourth-order valence-electron chi connectivity index (χ4n) is 3.25. The molecule has 8 heteroatoms. The Morgan fingerprint density at radius 2 is 0.933 bits per heavy atom. The Balaban J connectivity index is 2.22. The van der Waals surface area contributed by atoms with Crippen molar-refractivity contribution in [3.63, 3.8) is 0 Å². The van der Waals surface area contributed by atoms with Gasteiger partial charge in [0.2, 0.25) is 0 Å². The predicted molar refractivity (Wildman–Crippen MR) is 153 cm³/mol. The number of hydrogen-bond donors (Lipinski definition) is 0. The maximum atomic E-state index is 7.12. The normalized spacial score (nSPS) is 14.5. The Labute approximate surface area is 229 Å². The second-order valence-corrected chi connectivity index (χ2v) is 18.7. The molecular formula is C22H18Br6OSi. The van der Waals surface area contributed by atoms with Gasteiger partial charge in [0.25, 0.3) is 8.32 Å². The van der Waals surface area contributed by atoms with E-state index in [1.54, 1.807) is 0 Å². The van der Waals surface area contributed by atoms with Gasteiger partial charge in [0, 0.05) is 0 Å². The molecule has 0 saturated heterocycles.